The summed E-state index contributed by atoms with van der Waals surface area (Å²) in [5, 5.41) is 3.46. The summed E-state index contributed by atoms with van der Waals surface area (Å²) in [5.41, 5.74) is 2.41. The highest BCUT2D eigenvalue weighted by Crippen LogP contribution is 2.39. The maximum Gasteiger partial charge on any atom is 0.127 e. The molecule has 0 saturated heterocycles. The molecule has 0 aliphatic heterocycles. The molecule has 2 aromatic rings. The highest BCUT2D eigenvalue weighted by atomic mass is 15.2. The SMILES string of the molecule is CCNC(C)c1nc2ccccc2n1C1CC1. The van der Waals surface area contributed by atoms with Gasteiger partial charge in [-0.3, -0.25) is 0 Å². The highest BCUT2D eigenvalue weighted by molar-refractivity contribution is 5.76. The van der Waals surface area contributed by atoms with Gasteiger partial charge in [-0.05, 0) is 38.4 Å². The molecule has 0 radical (unpaired) electrons. The molecular formula is C14H19N3. The number of aromatic nitrogens is 2. The second kappa shape index (κ2) is 4.15. The van der Waals surface area contributed by atoms with Crippen molar-refractivity contribution in [1.29, 1.82) is 0 Å². The summed E-state index contributed by atoms with van der Waals surface area (Å²) >= 11 is 0. The van der Waals surface area contributed by atoms with Gasteiger partial charge in [0.25, 0.3) is 0 Å². The topological polar surface area (TPSA) is 29.9 Å². The van der Waals surface area contributed by atoms with Crippen LogP contribution in [0.1, 0.15) is 44.6 Å². The molecule has 1 aromatic heterocycles. The maximum atomic E-state index is 4.79. The summed E-state index contributed by atoms with van der Waals surface area (Å²) in [6.45, 7) is 5.32. The number of fused-ring (bicyclic) bond motifs is 1. The van der Waals surface area contributed by atoms with Crippen LogP contribution in [0.4, 0.5) is 0 Å². The molecule has 0 amide bonds. The van der Waals surface area contributed by atoms with Crippen molar-refractivity contribution in [3.05, 3.63) is 30.1 Å². The molecular weight excluding hydrogens is 210 g/mol. The van der Waals surface area contributed by atoms with E-state index in [0.717, 1.165) is 12.1 Å². The third-order valence-corrected chi connectivity index (χ3v) is 3.43. The number of para-hydroxylation sites is 2. The molecule has 3 nitrogen and oxygen atoms in total. The van der Waals surface area contributed by atoms with Gasteiger partial charge in [-0.2, -0.15) is 0 Å². The average Bonchev–Trinajstić information content (AvgIpc) is 3.09. The molecule has 3 heteroatoms. The molecule has 1 aliphatic rings. The fraction of sp³-hybridized carbons (Fsp3) is 0.500. The largest absolute Gasteiger partial charge is 0.324 e. The number of rotatable bonds is 4. The maximum absolute atomic E-state index is 4.79. The van der Waals surface area contributed by atoms with Gasteiger partial charge in [0.05, 0.1) is 17.1 Å². The molecule has 1 fully saturated rings. The van der Waals surface area contributed by atoms with E-state index in [1.54, 1.807) is 0 Å². The molecule has 1 N–H and O–H groups in total. The van der Waals surface area contributed by atoms with Crippen LogP contribution in [0.5, 0.6) is 0 Å². The number of nitrogens with zero attached hydrogens (tertiary/aromatic N) is 2. The minimum atomic E-state index is 0.327. The van der Waals surface area contributed by atoms with Crippen molar-refractivity contribution in [3.63, 3.8) is 0 Å². The number of benzene rings is 1. The van der Waals surface area contributed by atoms with E-state index in [1.807, 2.05) is 0 Å². The van der Waals surface area contributed by atoms with E-state index in [2.05, 4.69) is 48.0 Å². The second-order valence-electron chi connectivity index (χ2n) is 4.84. The Balaban J connectivity index is 2.12. The fourth-order valence-electron chi connectivity index (χ4n) is 2.48. The van der Waals surface area contributed by atoms with Crippen molar-refractivity contribution >= 4 is 11.0 Å². The molecule has 1 atom stereocenters. The molecule has 1 heterocycles. The second-order valence-corrected chi connectivity index (χ2v) is 4.84. The first kappa shape index (κ1) is 10.8. The van der Waals surface area contributed by atoms with Crippen LogP contribution in [-0.2, 0) is 0 Å². The first-order valence-corrected chi connectivity index (χ1v) is 6.51. The number of nitrogens with one attached hydrogen (secondary N) is 1. The zero-order valence-corrected chi connectivity index (χ0v) is 10.5. The Kier molecular flexibility index (Phi) is 2.63. The van der Waals surface area contributed by atoms with Gasteiger partial charge < -0.3 is 9.88 Å². The molecule has 1 aromatic carbocycles. The smallest absolute Gasteiger partial charge is 0.127 e. The van der Waals surface area contributed by atoms with Gasteiger partial charge >= 0.3 is 0 Å². The minimum Gasteiger partial charge on any atom is -0.324 e. The van der Waals surface area contributed by atoms with E-state index >= 15 is 0 Å². The first-order valence-electron chi connectivity index (χ1n) is 6.51. The molecule has 1 saturated carbocycles. The van der Waals surface area contributed by atoms with Crippen molar-refractivity contribution in [3.8, 4) is 0 Å². The first-order chi connectivity index (χ1) is 8.31. The van der Waals surface area contributed by atoms with E-state index < -0.39 is 0 Å². The Labute approximate surface area is 102 Å². The van der Waals surface area contributed by atoms with Crippen molar-refractivity contribution in [1.82, 2.24) is 14.9 Å². The van der Waals surface area contributed by atoms with Gasteiger partial charge in [-0.15, -0.1) is 0 Å². The van der Waals surface area contributed by atoms with Gasteiger partial charge in [0.2, 0.25) is 0 Å². The van der Waals surface area contributed by atoms with Crippen LogP contribution in [-0.4, -0.2) is 16.1 Å². The Morgan fingerprint density at radius 1 is 1.41 bits per heavy atom. The summed E-state index contributed by atoms with van der Waals surface area (Å²) in [6, 6.07) is 9.46. The van der Waals surface area contributed by atoms with Crippen LogP contribution in [0.25, 0.3) is 11.0 Å². The summed E-state index contributed by atoms with van der Waals surface area (Å²) in [6.07, 6.45) is 2.60. The lowest BCUT2D eigenvalue weighted by molar-refractivity contribution is 0.534. The number of hydrogen-bond acceptors (Lipinski definition) is 2. The molecule has 0 spiro atoms. The third-order valence-electron chi connectivity index (χ3n) is 3.43. The van der Waals surface area contributed by atoms with Gasteiger partial charge in [0, 0.05) is 6.04 Å². The Hall–Kier alpha value is -1.35. The van der Waals surface area contributed by atoms with Crippen LogP contribution in [0.15, 0.2) is 24.3 Å². The standard InChI is InChI=1S/C14H19N3/c1-3-15-10(2)14-16-12-6-4-5-7-13(12)17(14)11-8-9-11/h4-7,10-11,15H,3,8-9H2,1-2H3. The number of hydrogen-bond donors (Lipinski definition) is 1. The normalized spacial score (nSPS) is 17.5. The van der Waals surface area contributed by atoms with Crippen molar-refractivity contribution in [2.45, 2.75) is 38.8 Å². The van der Waals surface area contributed by atoms with E-state index in [-0.39, 0.29) is 0 Å². The van der Waals surface area contributed by atoms with Crippen LogP contribution >= 0.6 is 0 Å². The Bertz CT molecular complexity index is 525. The van der Waals surface area contributed by atoms with Gasteiger partial charge in [-0.25, -0.2) is 4.98 Å². The van der Waals surface area contributed by atoms with Crippen LogP contribution < -0.4 is 5.32 Å². The minimum absolute atomic E-state index is 0.327. The summed E-state index contributed by atoms with van der Waals surface area (Å²) in [4.78, 5) is 4.79. The zero-order valence-electron chi connectivity index (χ0n) is 10.5. The molecule has 1 unspecified atom stereocenters. The fourth-order valence-corrected chi connectivity index (χ4v) is 2.48. The molecule has 1 aliphatic carbocycles. The summed E-state index contributed by atoms with van der Waals surface area (Å²) in [5.74, 6) is 1.19. The summed E-state index contributed by atoms with van der Waals surface area (Å²) < 4.78 is 2.43. The van der Waals surface area contributed by atoms with Gasteiger partial charge in [0.15, 0.2) is 0 Å². The lowest BCUT2D eigenvalue weighted by atomic mass is 10.3. The van der Waals surface area contributed by atoms with Crippen molar-refractivity contribution in [2.75, 3.05) is 6.54 Å². The van der Waals surface area contributed by atoms with Crippen LogP contribution in [0.2, 0.25) is 0 Å². The van der Waals surface area contributed by atoms with Gasteiger partial charge in [0.1, 0.15) is 5.82 Å². The predicted molar refractivity (Wildman–Crippen MR) is 70.1 cm³/mol. The molecule has 0 bridgehead atoms. The Morgan fingerprint density at radius 2 is 2.18 bits per heavy atom. The van der Waals surface area contributed by atoms with E-state index in [4.69, 9.17) is 4.98 Å². The third kappa shape index (κ3) is 1.84. The Morgan fingerprint density at radius 3 is 2.88 bits per heavy atom. The van der Waals surface area contributed by atoms with E-state index in [1.165, 1.54) is 24.2 Å². The average molecular weight is 229 g/mol. The quantitative estimate of drug-likeness (QED) is 0.873. The molecule has 3 rings (SSSR count). The van der Waals surface area contributed by atoms with E-state index in [0.29, 0.717) is 12.1 Å². The molecule has 90 valence electrons. The summed E-state index contributed by atoms with van der Waals surface area (Å²) in [7, 11) is 0. The van der Waals surface area contributed by atoms with Crippen molar-refractivity contribution < 1.29 is 0 Å². The number of imidazole rings is 1. The van der Waals surface area contributed by atoms with Crippen LogP contribution in [0.3, 0.4) is 0 Å². The van der Waals surface area contributed by atoms with Gasteiger partial charge in [-0.1, -0.05) is 19.1 Å². The predicted octanol–water partition coefficient (Wildman–Crippen LogP) is 3.04. The van der Waals surface area contributed by atoms with E-state index in [9.17, 15) is 0 Å². The lowest BCUT2D eigenvalue weighted by Crippen LogP contribution is -2.21. The molecule has 17 heavy (non-hydrogen) atoms. The van der Waals surface area contributed by atoms with Crippen molar-refractivity contribution in [2.24, 2.45) is 0 Å². The van der Waals surface area contributed by atoms with Crippen LogP contribution in [0, 0.1) is 0 Å². The zero-order chi connectivity index (χ0) is 11.8. The highest BCUT2D eigenvalue weighted by Gasteiger charge is 2.29. The monoisotopic (exact) mass is 229 g/mol. The lowest BCUT2D eigenvalue weighted by Gasteiger charge is -2.14.